The molecule has 0 bridgehead atoms. The number of ether oxygens (including phenoxy) is 1. The van der Waals surface area contributed by atoms with Crippen molar-refractivity contribution < 1.29 is 50.9 Å². The molecule has 0 aliphatic carbocycles. The van der Waals surface area contributed by atoms with Gasteiger partial charge in [0.05, 0.1) is 6.61 Å². The lowest BCUT2D eigenvalue weighted by Gasteiger charge is -2.20. The van der Waals surface area contributed by atoms with E-state index >= 15 is 0 Å². The van der Waals surface area contributed by atoms with E-state index in [1.54, 1.807) is 0 Å². The molecule has 1 aromatic rings. The Morgan fingerprint density at radius 1 is 1.41 bits per heavy atom. The van der Waals surface area contributed by atoms with Crippen LogP contribution in [0.15, 0.2) is 17.1 Å². The van der Waals surface area contributed by atoms with Gasteiger partial charge in [0.1, 0.15) is 11.9 Å². The van der Waals surface area contributed by atoms with Gasteiger partial charge in [-0.05, 0) is 6.07 Å². The number of aromatic nitrogens is 2. The van der Waals surface area contributed by atoms with Gasteiger partial charge in [-0.15, -0.1) is 0 Å². The second kappa shape index (κ2) is 7.62. The number of aliphatic hydroxyl groups is 1. The third-order valence-electron chi connectivity index (χ3n) is 3.32. The molecule has 5 N–H and O–H groups in total. The van der Waals surface area contributed by atoms with E-state index in [1.165, 1.54) is 0 Å². The number of anilines is 1. The van der Waals surface area contributed by atoms with E-state index in [-0.39, 0.29) is 5.82 Å². The summed E-state index contributed by atoms with van der Waals surface area (Å²) < 4.78 is 68.4. The Kier molecular flexibility index (Phi) is 6.21. The van der Waals surface area contributed by atoms with Crippen LogP contribution in [0.5, 0.6) is 0 Å². The fraction of sp³-hybridized carbons (Fsp3) is 0.600. The van der Waals surface area contributed by atoms with E-state index in [0.29, 0.717) is 11.7 Å². The highest BCUT2D eigenvalue weighted by Crippen LogP contribution is 2.60. The lowest BCUT2D eigenvalue weighted by atomic mass is 10.1. The van der Waals surface area contributed by atoms with Gasteiger partial charge in [-0.1, -0.05) is 0 Å². The highest BCUT2D eigenvalue weighted by molar-refractivity contribution is 7.61. The van der Waals surface area contributed by atoms with Crippen LogP contribution < -0.4 is 11.4 Å². The third kappa shape index (κ3) is 4.96. The first-order valence-corrected chi connectivity index (χ1v) is 9.91. The molecular formula is C10H15F2N3O10P2. The number of phosphoric ester groups is 2. The van der Waals surface area contributed by atoms with Gasteiger partial charge >= 0.3 is 27.3 Å². The van der Waals surface area contributed by atoms with Gasteiger partial charge in [0, 0.05) is 13.3 Å². The predicted molar refractivity (Wildman–Crippen MR) is 81.5 cm³/mol. The molecule has 0 spiro atoms. The van der Waals surface area contributed by atoms with Crippen molar-refractivity contribution in [2.45, 2.75) is 24.4 Å². The molecule has 1 aliphatic rings. The summed E-state index contributed by atoms with van der Waals surface area (Å²) in [6, 6.07) is 1.04. The second-order valence-corrected chi connectivity index (χ2v) is 8.34. The zero-order chi connectivity index (χ0) is 20.6. The maximum absolute atomic E-state index is 14.2. The number of aliphatic hydroxyl groups excluding tert-OH is 1. The molecule has 17 heteroatoms. The highest BCUT2D eigenvalue weighted by Gasteiger charge is 2.60. The second-order valence-electron chi connectivity index (χ2n) is 5.19. The van der Waals surface area contributed by atoms with Gasteiger partial charge in [0.2, 0.25) is 6.23 Å². The molecule has 0 aromatic carbocycles. The summed E-state index contributed by atoms with van der Waals surface area (Å²) in [6.07, 6.45) is -5.92. The van der Waals surface area contributed by atoms with Crippen LogP contribution in [0.2, 0.25) is 0 Å². The number of nitrogens with two attached hydrogens (primary N) is 1. The van der Waals surface area contributed by atoms with Gasteiger partial charge in [0.25, 0.3) is 0 Å². The smallest absolute Gasteiger partial charge is 0.384 e. The molecule has 0 saturated carbocycles. The van der Waals surface area contributed by atoms with Gasteiger partial charge in [-0.3, -0.25) is 13.6 Å². The first kappa shape index (κ1) is 22.0. The summed E-state index contributed by atoms with van der Waals surface area (Å²) in [5, 5.41) is 9.71. The average molecular weight is 437 g/mol. The first-order valence-electron chi connectivity index (χ1n) is 6.92. The summed E-state index contributed by atoms with van der Waals surface area (Å²) in [7, 11) is -9.45. The van der Waals surface area contributed by atoms with Crippen molar-refractivity contribution in [3.05, 3.63) is 22.7 Å². The molecule has 1 aliphatic heterocycles. The van der Waals surface area contributed by atoms with Crippen LogP contribution >= 0.6 is 15.6 Å². The predicted octanol–water partition coefficient (Wildman–Crippen LogP) is -0.400. The van der Waals surface area contributed by atoms with E-state index in [1.807, 2.05) is 0 Å². The van der Waals surface area contributed by atoms with Crippen molar-refractivity contribution in [3.63, 3.8) is 0 Å². The topological polar surface area (TPSA) is 193 Å². The van der Waals surface area contributed by atoms with Crippen LogP contribution in [0.4, 0.5) is 14.6 Å². The van der Waals surface area contributed by atoms with Crippen LogP contribution in [0, 0.1) is 0 Å². The Bertz CT molecular complexity index is 851. The average Bonchev–Trinajstić information content (AvgIpc) is 2.75. The summed E-state index contributed by atoms with van der Waals surface area (Å²) >= 11 is 0. The van der Waals surface area contributed by atoms with Crippen molar-refractivity contribution in [1.29, 1.82) is 0 Å². The van der Waals surface area contributed by atoms with Crippen LogP contribution in [-0.2, 0) is 27.2 Å². The zero-order valence-electron chi connectivity index (χ0n) is 13.4. The maximum atomic E-state index is 14.2. The molecule has 154 valence electrons. The fourth-order valence-corrected chi connectivity index (χ4v) is 3.90. The molecular weight excluding hydrogens is 422 g/mol. The van der Waals surface area contributed by atoms with Gasteiger partial charge in [-0.2, -0.15) is 18.1 Å². The van der Waals surface area contributed by atoms with E-state index in [9.17, 15) is 32.7 Å². The lowest BCUT2D eigenvalue weighted by Crippen LogP contribution is -2.41. The van der Waals surface area contributed by atoms with Gasteiger partial charge in [0.15, 0.2) is 6.10 Å². The fourth-order valence-electron chi connectivity index (χ4n) is 2.07. The molecule has 5 atom stereocenters. The monoisotopic (exact) mass is 437 g/mol. The van der Waals surface area contributed by atoms with Crippen LogP contribution in [-0.4, -0.2) is 56.3 Å². The van der Waals surface area contributed by atoms with Crippen LogP contribution in [0.3, 0.4) is 0 Å². The standard InChI is InChI=1S/C10H15F2N3O10P2/c1-22-26(18,19)25-27(20,21)23-4-5-7(16)10(11,12)8(24-5)15-3-2-6(13)14-9(15)17/h2-3,5,7-8,16H,4H2,1H3,(H,18,19)(H,20,21)(H2,13,14,17)/t5-,7-,8-/m1/s1. The Balaban J connectivity index is 2.15. The molecule has 27 heavy (non-hydrogen) atoms. The zero-order valence-corrected chi connectivity index (χ0v) is 15.2. The largest absolute Gasteiger partial charge is 0.481 e. The van der Waals surface area contributed by atoms with Gasteiger partial charge in [-0.25, -0.2) is 13.9 Å². The minimum atomic E-state index is -5.23. The summed E-state index contributed by atoms with van der Waals surface area (Å²) in [4.78, 5) is 33.2. The molecule has 1 saturated heterocycles. The van der Waals surface area contributed by atoms with Crippen molar-refractivity contribution in [2.75, 3.05) is 19.5 Å². The molecule has 13 nitrogen and oxygen atoms in total. The Labute approximate surface area is 149 Å². The minimum Gasteiger partial charge on any atom is -0.384 e. The van der Waals surface area contributed by atoms with E-state index < -0.39 is 52.3 Å². The van der Waals surface area contributed by atoms with Gasteiger partial charge < -0.3 is 25.4 Å². The number of hydrogen-bond donors (Lipinski definition) is 4. The normalized spacial score (nSPS) is 29.2. The molecule has 2 unspecified atom stereocenters. The Morgan fingerprint density at radius 3 is 2.59 bits per heavy atom. The summed E-state index contributed by atoms with van der Waals surface area (Å²) in [6.45, 7) is -1.15. The number of alkyl halides is 2. The van der Waals surface area contributed by atoms with Crippen molar-refractivity contribution >= 4 is 21.5 Å². The van der Waals surface area contributed by atoms with Crippen molar-refractivity contribution in [3.8, 4) is 0 Å². The van der Waals surface area contributed by atoms with E-state index in [2.05, 4.69) is 18.3 Å². The quantitative estimate of drug-likeness (QED) is 0.404. The molecule has 0 radical (unpaired) electrons. The maximum Gasteiger partial charge on any atom is 0.481 e. The van der Waals surface area contributed by atoms with E-state index in [0.717, 1.165) is 12.3 Å². The number of phosphoric acid groups is 2. The van der Waals surface area contributed by atoms with E-state index in [4.69, 9.17) is 15.4 Å². The minimum absolute atomic E-state index is 0.233. The van der Waals surface area contributed by atoms with Crippen molar-refractivity contribution in [1.82, 2.24) is 9.55 Å². The molecule has 2 heterocycles. The highest BCUT2D eigenvalue weighted by atomic mass is 31.3. The Morgan fingerprint density at radius 2 is 2.04 bits per heavy atom. The molecule has 1 aromatic heterocycles. The van der Waals surface area contributed by atoms with Crippen LogP contribution in [0.25, 0.3) is 0 Å². The number of rotatable bonds is 7. The number of hydrogen-bond acceptors (Lipinski definition) is 10. The molecule has 1 fully saturated rings. The number of nitrogen functional groups attached to an aromatic ring is 1. The summed E-state index contributed by atoms with van der Waals surface area (Å²) in [5.41, 5.74) is 4.07. The SMILES string of the molecule is COP(=O)(O)OP(=O)(O)OC[C@H]1O[C@@H](n2ccc(N)nc2=O)C(F)(F)[C@@H]1O. The third-order valence-corrected chi connectivity index (χ3v) is 5.91. The molecule has 2 rings (SSSR count). The summed E-state index contributed by atoms with van der Waals surface area (Å²) in [5.74, 6) is -4.25. The lowest BCUT2D eigenvalue weighted by molar-refractivity contribution is -0.140. The van der Waals surface area contributed by atoms with Crippen LogP contribution in [0.1, 0.15) is 6.23 Å². The molecule has 0 amide bonds. The number of nitrogens with zero attached hydrogens (tertiary/aromatic N) is 2. The van der Waals surface area contributed by atoms with Crippen molar-refractivity contribution in [2.24, 2.45) is 0 Å². The number of halogens is 2. The Hall–Kier alpha value is -1.28. The first-order chi connectivity index (χ1) is 12.3.